The molecule has 4 heterocycles. The van der Waals surface area contributed by atoms with Crippen LogP contribution in [-0.4, -0.2) is 44.8 Å². The third-order valence-corrected chi connectivity index (χ3v) is 6.09. The number of hydrogen-bond donors (Lipinski definition) is 2. The van der Waals surface area contributed by atoms with Crippen molar-refractivity contribution < 1.29 is 4.79 Å². The van der Waals surface area contributed by atoms with Gasteiger partial charge >= 0.3 is 6.03 Å². The van der Waals surface area contributed by atoms with E-state index in [0.717, 1.165) is 43.9 Å². The number of anilines is 3. The molecule has 0 atom stereocenters. The Hall–Kier alpha value is -2.97. The van der Waals surface area contributed by atoms with Crippen LogP contribution < -0.4 is 15.5 Å². The van der Waals surface area contributed by atoms with Crippen LogP contribution in [0.2, 0.25) is 0 Å². The molecule has 0 saturated heterocycles. The molecule has 9 nitrogen and oxygen atoms in total. The highest BCUT2D eigenvalue weighted by atomic mass is 32.2. The lowest BCUT2D eigenvalue weighted by Gasteiger charge is -2.25. The summed E-state index contributed by atoms with van der Waals surface area (Å²) in [5, 5.41) is 7.66. The lowest BCUT2D eigenvalue weighted by atomic mass is 10.2. The van der Waals surface area contributed by atoms with Gasteiger partial charge in [0.1, 0.15) is 28.3 Å². The molecule has 0 radical (unpaired) electrons. The zero-order chi connectivity index (χ0) is 21.7. The van der Waals surface area contributed by atoms with Gasteiger partial charge in [0.05, 0.1) is 17.6 Å². The van der Waals surface area contributed by atoms with Gasteiger partial charge in [-0.05, 0) is 26.5 Å². The van der Waals surface area contributed by atoms with Crippen molar-refractivity contribution in [2.75, 3.05) is 34.4 Å². The second-order valence-corrected chi connectivity index (χ2v) is 8.49. The van der Waals surface area contributed by atoms with E-state index < -0.39 is 0 Å². The first kappa shape index (κ1) is 21.7. The van der Waals surface area contributed by atoms with Crippen molar-refractivity contribution in [1.29, 1.82) is 0 Å². The molecule has 2 N–H and O–H groups in total. The lowest BCUT2D eigenvalue weighted by Crippen LogP contribution is -2.38. The number of thiophene rings is 1. The van der Waals surface area contributed by atoms with Crippen molar-refractivity contribution in [3.8, 4) is 0 Å². The van der Waals surface area contributed by atoms with Gasteiger partial charge in [-0.25, -0.2) is 29.6 Å². The molecule has 3 aromatic rings. The van der Waals surface area contributed by atoms with Crippen molar-refractivity contribution in [3.63, 3.8) is 0 Å². The van der Waals surface area contributed by atoms with E-state index in [0.29, 0.717) is 18.1 Å². The molecule has 1 aliphatic heterocycles. The van der Waals surface area contributed by atoms with Crippen LogP contribution in [-0.2, 0) is 0 Å². The van der Waals surface area contributed by atoms with Gasteiger partial charge in [-0.2, -0.15) is 0 Å². The van der Waals surface area contributed by atoms with Crippen molar-refractivity contribution in [3.05, 3.63) is 28.9 Å². The summed E-state index contributed by atoms with van der Waals surface area (Å²) in [5.74, 6) is 2.26. The van der Waals surface area contributed by atoms with E-state index in [9.17, 15) is 4.79 Å². The zero-order valence-electron chi connectivity index (χ0n) is 17.2. The van der Waals surface area contributed by atoms with Gasteiger partial charge in [-0.1, -0.05) is 6.92 Å². The van der Waals surface area contributed by atoms with Crippen LogP contribution in [0, 0.1) is 13.5 Å². The van der Waals surface area contributed by atoms with Crippen LogP contribution in [0.5, 0.6) is 0 Å². The Morgan fingerprint density at radius 3 is 2.67 bits per heavy atom. The molecule has 0 bridgehead atoms. The number of amides is 2. The van der Waals surface area contributed by atoms with Crippen molar-refractivity contribution in [1.82, 2.24) is 19.9 Å². The fourth-order valence-electron chi connectivity index (χ4n) is 2.95. The molecule has 0 fully saturated rings. The summed E-state index contributed by atoms with van der Waals surface area (Å²) < 4.78 is 0. The first-order chi connectivity index (χ1) is 14.5. The standard InChI is InChI=1S/C10H10N4OS.C9H12N4S/c1-3-14-8-6-7(13-10(14)15)5(2)16-9(6)12-4-11-8;1-4-11-8-7(10-3)9(14-5-2)13-6-12-8/h4H,3H2,1-2H3,(H,13,15);6H,4-5H2,1-2H3,(H,11,12,13). The summed E-state index contributed by atoms with van der Waals surface area (Å²) in [7, 11) is 0. The maximum Gasteiger partial charge on any atom is 0.327 e. The zero-order valence-corrected chi connectivity index (χ0v) is 18.8. The Morgan fingerprint density at radius 2 is 2.00 bits per heavy atom. The van der Waals surface area contributed by atoms with Crippen LogP contribution >= 0.6 is 23.1 Å². The highest BCUT2D eigenvalue weighted by molar-refractivity contribution is 7.99. The monoisotopic (exact) mass is 442 g/mol. The number of rotatable bonds is 5. The summed E-state index contributed by atoms with van der Waals surface area (Å²) in [6.07, 6.45) is 3.00. The SMILES string of the molecule is CCN1C(=O)Nc2c(C)sc3ncnc1c23.[C-]#[N+]c1c(NCC)ncnc1SCC. The number of hydrogen-bond acceptors (Lipinski definition) is 8. The number of aromatic nitrogens is 4. The van der Waals surface area contributed by atoms with Crippen molar-refractivity contribution in [2.45, 2.75) is 32.7 Å². The first-order valence-corrected chi connectivity index (χ1v) is 11.3. The molecule has 1 aliphatic rings. The molecular formula is C19H22N8OS2. The number of carbonyl (C=O) groups is 1. The van der Waals surface area contributed by atoms with Gasteiger partial charge in [0.25, 0.3) is 5.69 Å². The van der Waals surface area contributed by atoms with Gasteiger partial charge in [0.2, 0.25) is 0 Å². The van der Waals surface area contributed by atoms with Crippen LogP contribution in [0.4, 0.5) is 27.8 Å². The first-order valence-electron chi connectivity index (χ1n) is 9.47. The Bertz CT molecular complexity index is 1080. The van der Waals surface area contributed by atoms with E-state index in [1.54, 1.807) is 28.0 Å². The summed E-state index contributed by atoms with van der Waals surface area (Å²) in [4.78, 5) is 35.5. The molecule has 156 valence electrons. The molecule has 0 aliphatic carbocycles. The van der Waals surface area contributed by atoms with E-state index in [1.165, 1.54) is 12.7 Å². The Labute approximate surface area is 183 Å². The molecule has 30 heavy (non-hydrogen) atoms. The molecule has 0 spiro atoms. The van der Waals surface area contributed by atoms with Crippen molar-refractivity contribution >= 4 is 62.4 Å². The molecular weight excluding hydrogens is 420 g/mol. The molecule has 11 heteroatoms. The minimum absolute atomic E-state index is 0.114. The summed E-state index contributed by atoms with van der Waals surface area (Å²) in [5.41, 5.74) is 1.39. The second kappa shape index (κ2) is 9.69. The molecule has 0 unspecified atom stereocenters. The maximum atomic E-state index is 11.8. The molecule has 0 saturated carbocycles. The molecule has 2 amide bonds. The Kier molecular flexibility index (Phi) is 7.02. The van der Waals surface area contributed by atoms with Gasteiger partial charge < -0.3 is 10.6 Å². The number of carbonyl (C=O) groups excluding carboxylic acids is 1. The highest BCUT2D eigenvalue weighted by Crippen LogP contribution is 2.41. The van der Waals surface area contributed by atoms with E-state index in [1.807, 2.05) is 27.7 Å². The minimum Gasteiger partial charge on any atom is -0.379 e. The average Bonchev–Trinajstić information content (AvgIpc) is 3.06. The van der Waals surface area contributed by atoms with E-state index in [4.69, 9.17) is 6.57 Å². The fourth-order valence-corrected chi connectivity index (χ4v) is 4.57. The van der Waals surface area contributed by atoms with E-state index in [-0.39, 0.29) is 6.03 Å². The van der Waals surface area contributed by atoms with E-state index in [2.05, 4.69) is 35.4 Å². The minimum atomic E-state index is -0.114. The average molecular weight is 443 g/mol. The number of aryl methyl sites for hydroxylation is 1. The highest BCUT2D eigenvalue weighted by Gasteiger charge is 2.28. The molecule has 0 aromatic carbocycles. The van der Waals surface area contributed by atoms with Crippen molar-refractivity contribution in [2.24, 2.45) is 0 Å². The smallest absolute Gasteiger partial charge is 0.327 e. The quantitative estimate of drug-likeness (QED) is 0.328. The molecule has 4 rings (SSSR count). The van der Waals surface area contributed by atoms with Gasteiger partial charge in [-0.3, -0.25) is 4.90 Å². The van der Waals surface area contributed by atoms with Gasteiger partial charge in [0.15, 0.2) is 5.82 Å². The Morgan fingerprint density at radius 1 is 1.23 bits per heavy atom. The van der Waals surface area contributed by atoms with Crippen LogP contribution in [0.3, 0.4) is 0 Å². The largest absolute Gasteiger partial charge is 0.379 e. The number of nitrogens with one attached hydrogen (secondary N) is 2. The lowest BCUT2D eigenvalue weighted by molar-refractivity contribution is 0.257. The number of nitrogens with zero attached hydrogens (tertiary/aromatic N) is 6. The predicted molar refractivity (Wildman–Crippen MR) is 123 cm³/mol. The third-order valence-electron chi connectivity index (χ3n) is 4.22. The predicted octanol–water partition coefficient (Wildman–Crippen LogP) is 4.94. The van der Waals surface area contributed by atoms with Gasteiger partial charge in [0, 0.05) is 18.0 Å². The normalized spacial score (nSPS) is 12.1. The van der Waals surface area contributed by atoms with Crippen LogP contribution in [0.15, 0.2) is 17.7 Å². The van der Waals surface area contributed by atoms with E-state index >= 15 is 0 Å². The van der Waals surface area contributed by atoms with Gasteiger partial charge in [-0.15, -0.1) is 23.1 Å². The topological polar surface area (TPSA) is 100 Å². The van der Waals surface area contributed by atoms with Crippen LogP contribution in [0.1, 0.15) is 25.6 Å². The summed E-state index contributed by atoms with van der Waals surface area (Å²) >= 11 is 3.14. The summed E-state index contributed by atoms with van der Waals surface area (Å²) in [6.45, 7) is 16.4. The van der Waals surface area contributed by atoms with Crippen LogP contribution in [0.25, 0.3) is 15.1 Å². The number of urea groups is 1. The Balaban J connectivity index is 0.000000173. The fraction of sp³-hybridized carbons (Fsp3) is 0.368. The number of thioether (sulfide) groups is 1. The maximum absolute atomic E-state index is 11.8. The third kappa shape index (κ3) is 4.15. The summed E-state index contributed by atoms with van der Waals surface area (Å²) in [6, 6.07) is -0.114. The molecule has 3 aromatic heterocycles. The second-order valence-electron chi connectivity index (χ2n) is 6.04.